The Kier molecular flexibility index (Phi) is 4.37. The Bertz CT molecular complexity index is 350. The summed E-state index contributed by atoms with van der Waals surface area (Å²) in [5.74, 6) is 1.69. The molecule has 18 heavy (non-hydrogen) atoms. The van der Waals surface area contributed by atoms with Crippen LogP contribution in [0.25, 0.3) is 0 Å². The van der Waals surface area contributed by atoms with Crippen molar-refractivity contribution in [2.75, 3.05) is 37.6 Å². The fourth-order valence-electron chi connectivity index (χ4n) is 3.44. The van der Waals surface area contributed by atoms with Crippen molar-refractivity contribution >= 4 is 9.07 Å². The molecule has 0 unspecified atom stereocenters. The van der Waals surface area contributed by atoms with Gasteiger partial charge in [-0.3, -0.25) is 4.21 Å². The number of rotatable bonds is 7. The van der Waals surface area contributed by atoms with Gasteiger partial charge in [0.25, 0.3) is 0 Å². The van der Waals surface area contributed by atoms with Crippen molar-refractivity contribution in [1.82, 2.24) is 0 Å². The van der Waals surface area contributed by atoms with E-state index in [9.17, 15) is 4.21 Å². The molecule has 4 heteroatoms. The van der Waals surface area contributed by atoms with Crippen LogP contribution in [0.1, 0.15) is 40.5 Å². The zero-order valence-electron chi connectivity index (χ0n) is 12.9. The largest absolute Gasteiger partial charge is 0.385 e. The van der Waals surface area contributed by atoms with Gasteiger partial charge in [-0.2, -0.15) is 0 Å². The zero-order valence-corrected chi connectivity index (χ0v) is 13.7. The third-order valence-corrected chi connectivity index (χ3v) is 6.83. The molecule has 0 aromatic heterocycles. The Labute approximate surface area is 112 Å². The van der Waals surface area contributed by atoms with E-state index in [2.05, 4.69) is 27.7 Å². The van der Waals surface area contributed by atoms with E-state index in [4.69, 9.17) is 9.47 Å². The standard InChI is InChI=1S/C14H30O3S/c1-13(2,7-8-16-5)9-14(3,4)10-18(6,15)11-17-12-18/h7-12H2,1-6H3. The molecule has 3 nitrogen and oxygen atoms in total. The maximum atomic E-state index is 12.8. The van der Waals surface area contributed by atoms with E-state index in [1.54, 1.807) is 7.11 Å². The van der Waals surface area contributed by atoms with Crippen molar-refractivity contribution in [3.63, 3.8) is 0 Å². The Balaban J connectivity index is 2.61. The smallest absolute Gasteiger partial charge is 0.105 e. The van der Waals surface area contributed by atoms with Gasteiger partial charge in [0.2, 0.25) is 0 Å². The molecule has 0 bridgehead atoms. The highest BCUT2D eigenvalue weighted by molar-refractivity contribution is 8.20. The Morgan fingerprint density at radius 3 is 2.11 bits per heavy atom. The zero-order chi connectivity index (χ0) is 14.1. The van der Waals surface area contributed by atoms with Crippen LogP contribution >= 0.6 is 0 Å². The van der Waals surface area contributed by atoms with Gasteiger partial charge in [0.1, 0.15) is 11.9 Å². The fraction of sp³-hybridized carbons (Fsp3) is 1.00. The van der Waals surface area contributed by atoms with Crippen molar-refractivity contribution < 1.29 is 13.7 Å². The van der Waals surface area contributed by atoms with Gasteiger partial charge >= 0.3 is 0 Å². The summed E-state index contributed by atoms with van der Waals surface area (Å²) in [7, 11) is -0.741. The number of hydrogen-bond acceptors (Lipinski definition) is 3. The number of methoxy groups -OCH3 is 1. The van der Waals surface area contributed by atoms with E-state index in [0.29, 0.717) is 11.9 Å². The second-order valence-corrected chi connectivity index (χ2v) is 12.6. The van der Waals surface area contributed by atoms with Gasteiger partial charge in [-0.1, -0.05) is 36.8 Å². The summed E-state index contributed by atoms with van der Waals surface area (Å²) < 4.78 is 23.2. The molecular weight excluding hydrogens is 248 g/mol. The minimum absolute atomic E-state index is 0.0827. The van der Waals surface area contributed by atoms with Crippen molar-refractivity contribution in [3.8, 4) is 0 Å². The predicted octanol–water partition coefficient (Wildman–Crippen LogP) is 2.86. The summed E-state index contributed by atoms with van der Waals surface area (Å²) in [6.45, 7) is 9.78. The molecule has 0 radical (unpaired) electrons. The Hall–Kier alpha value is 0.0700. The molecule has 1 aliphatic heterocycles. The topological polar surface area (TPSA) is 35.5 Å². The lowest BCUT2D eigenvalue weighted by molar-refractivity contribution is 0.121. The average molecular weight is 278 g/mol. The van der Waals surface area contributed by atoms with Crippen LogP contribution in [-0.4, -0.2) is 41.8 Å². The first-order chi connectivity index (χ1) is 7.96. The first kappa shape index (κ1) is 16.1. The van der Waals surface area contributed by atoms with Crippen molar-refractivity contribution in [1.29, 1.82) is 0 Å². The van der Waals surface area contributed by atoms with E-state index in [1.807, 2.05) is 6.26 Å². The first-order valence-corrected chi connectivity index (χ1v) is 9.51. The van der Waals surface area contributed by atoms with Crippen LogP contribution in [0.4, 0.5) is 0 Å². The minimum Gasteiger partial charge on any atom is -0.385 e. The maximum absolute atomic E-state index is 12.8. The van der Waals surface area contributed by atoms with Gasteiger partial charge in [-0.15, -0.1) is 0 Å². The molecule has 0 N–H and O–H groups in total. The van der Waals surface area contributed by atoms with Gasteiger partial charge in [-0.25, -0.2) is 0 Å². The van der Waals surface area contributed by atoms with Gasteiger partial charge in [0, 0.05) is 19.5 Å². The third kappa shape index (κ3) is 4.63. The summed E-state index contributed by atoms with van der Waals surface area (Å²) in [4.78, 5) is 0. The second-order valence-electron chi connectivity index (χ2n) is 7.83. The lowest BCUT2D eigenvalue weighted by Gasteiger charge is -2.51. The van der Waals surface area contributed by atoms with Crippen LogP contribution in [0.3, 0.4) is 0 Å². The summed E-state index contributed by atoms with van der Waals surface area (Å²) in [6, 6.07) is 0. The summed E-state index contributed by atoms with van der Waals surface area (Å²) >= 11 is 0. The maximum Gasteiger partial charge on any atom is 0.105 e. The Morgan fingerprint density at radius 1 is 1.17 bits per heavy atom. The van der Waals surface area contributed by atoms with Gasteiger partial charge < -0.3 is 9.47 Å². The van der Waals surface area contributed by atoms with Crippen LogP contribution in [0, 0.1) is 10.8 Å². The highest BCUT2D eigenvalue weighted by Gasteiger charge is 2.45. The third-order valence-electron chi connectivity index (χ3n) is 3.57. The predicted molar refractivity (Wildman–Crippen MR) is 78.4 cm³/mol. The summed E-state index contributed by atoms with van der Waals surface area (Å²) in [5, 5.41) is 0. The van der Waals surface area contributed by atoms with Gasteiger partial charge in [-0.05, 0) is 29.9 Å². The lowest BCUT2D eigenvalue weighted by Crippen LogP contribution is -2.56. The molecule has 0 atom stereocenters. The van der Waals surface area contributed by atoms with E-state index in [0.717, 1.165) is 25.2 Å². The van der Waals surface area contributed by atoms with E-state index >= 15 is 0 Å². The summed E-state index contributed by atoms with van der Waals surface area (Å²) in [5.41, 5.74) is 0.305. The van der Waals surface area contributed by atoms with Gasteiger partial charge in [0.15, 0.2) is 0 Å². The molecule has 1 heterocycles. The highest BCUT2D eigenvalue weighted by atomic mass is 32.3. The molecule has 0 aliphatic carbocycles. The van der Waals surface area contributed by atoms with Crippen molar-refractivity contribution in [2.45, 2.75) is 40.5 Å². The molecule has 1 saturated heterocycles. The number of hydrogen-bond donors (Lipinski definition) is 0. The van der Waals surface area contributed by atoms with Gasteiger partial charge in [0.05, 0.1) is 0 Å². The molecule has 0 spiro atoms. The van der Waals surface area contributed by atoms with E-state index in [-0.39, 0.29) is 10.8 Å². The molecule has 110 valence electrons. The van der Waals surface area contributed by atoms with Crippen LogP contribution in [0.2, 0.25) is 0 Å². The Morgan fingerprint density at radius 2 is 1.72 bits per heavy atom. The molecule has 0 amide bonds. The molecular formula is C14H30O3S. The van der Waals surface area contributed by atoms with Crippen molar-refractivity contribution in [2.24, 2.45) is 10.8 Å². The number of ether oxygens (including phenoxy) is 2. The molecule has 1 aliphatic rings. The molecule has 0 aromatic rings. The highest BCUT2D eigenvalue weighted by Crippen LogP contribution is 2.43. The normalized spacial score (nSPS) is 24.9. The SMILES string of the molecule is COCCC(C)(C)CC(C)(C)CS1(C)(=O)COC1. The first-order valence-electron chi connectivity index (χ1n) is 6.63. The quantitative estimate of drug-likeness (QED) is 0.718. The van der Waals surface area contributed by atoms with Crippen LogP contribution in [0.15, 0.2) is 0 Å². The molecule has 1 fully saturated rings. The molecule has 0 saturated carbocycles. The van der Waals surface area contributed by atoms with Crippen molar-refractivity contribution in [3.05, 3.63) is 0 Å². The van der Waals surface area contributed by atoms with Crippen LogP contribution in [-0.2, 0) is 18.5 Å². The average Bonchev–Trinajstić information content (AvgIpc) is 2.09. The monoisotopic (exact) mass is 278 g/mol. The van der Waals surface area contributed by atoms with E-state index in [1.165, 1.54) is 0 Å². The van der Waals surface area contributed by atoms with Crippen LogP contribution in [0.5, 0.6) is 0 Å². The summed E-state index contributed by atoms with van der Waals surface area (Å²) in [6.07, 6.45) is 4.02. The fourth-order valence-corrected chi connectivity index (χ4v) is 6.78. The second kappa shape index (κ2) is 4.88. The molecule has 0 aromatic carbocycles. The minimum atomic E-state index is -2.48. The van der Waals surface area contributed by atoms with E-state index < -0.39 is 9.07 Å². The molecule has 1 rings (SSSR count). The lowest BCUT2D eigenvalue weighted by atomic mass is 9.74. The van der Waals surface area contributed by atoms with Crippen LogP contribution < -0.4 is 0 Å².